The molecule has 1 aromatic heterocycles. The van der Waals surface area contributed by atoms with Crippen molar-refractivity contribution >= 4 is 11.7 Å². The number of fused-ring (bicyclic) bond motifs is 1. The van der Waals surface area contributed by atoms with Crippen LogP contribution < -0.4 is 9.64 Å². The van der Waals surface area contributed by atoms with Gasteiger partial charge in [0.1, 0.15) is 17.4 Å². The van der Waals surface area contributed by atoms with Crippen molar-refractivity contribution in [2.24, 2.45) is 0 Å². The van der Waals surface area contributed by atoms with E-state index in [2.05, 4.69) is 42.2 Å². The largest absolute Gasteiger partial charge is 0.497 e. The zero-order chi connectivity index (χ0) is 22.8. The van der Waals surface area contributed by atoms with E-state index >= 15 is 0 Å². The Morgan fingerprint density at radius 1 is 1.09 bits per heavy atom. The molecular formula is C27H30N4O2. The van der Waals surface area contributed by atoms with Gasteiger partial charge in [0.25, 0.3) is 5.91 Å². The predicted molar refractivity (Wildman–Crippen MR) is 129 cm³/mol. The first-order chi connectivity index (χ1) is 16.1. The number of likely N-dealkylation sites (tertiary alicyclic amines) is 1. The van der Waals surface area contributed by atoms with Crippen molar-refractivity contribution in [1.82, 2.24) is 14.9 Å². The first-order valence-electron chi connectivity index (χ1n) is 11.7. The molecule has 1 saturated heterocycles. The molecule has 2 aliphatic rings. The van der Waals surface area contributed by atoms with Crippen LogP contribution >= 0.6 is 0 Å². The van der Waals surface area contributed by atoms with Crippen molar-refractivity contribution in [2.45, 2.75) is 38.6 Å². The maximum absolute atomic E-state index is 13.1. The van der Waals surface area contributed by atoms with E-state index in [1.165, 1.54) is 11.1 Å². The molecule has 0 radical (unpaired) electrons. The van der Waals surface area contributed by atoms with Crippen molar-refractivity contribution in [3.63, 3.8) is 0 Å². The van der Waals surface area contributed by atoms with Crippen molar-refractivity contribution < 1.29 is 9.53 Å². The lowest BCUT2D eigenvalue weighted by Gasteiger charge is -2.31. The second-order valence-corrected chi connectivity index (χ2v) is 8.95. The van der Waals surface area contributed by atoms with E-state index < -0.39 is 0 Å². The topological polar surface area (TPSA) is 58.6 Å². The molecule has 3 heterocycles. The quantitative estimate of drug-likeness (QED) is 0.587. The van der Waals surface area contributed by atoms with Gasteiger partial charge < -0.3 is 14.5 Å². The van der Waals surface area contributed by atoms with Crippen molar-refractivity contribution in [3.8, 4) is 5.75 Å². The van der Waals surface area contributed by atoms with Crippen LogP contribution in [0.15, 0.2) is 54.6 Å². The highest BCUT2D eigenvalue weighted by molar-refractivity contribution is 5.94. The lowest BCUT2D eigenvalue weighted by atomic mass is 10.0. The SMILES string of the molecule is COc1cccc(C(=O)N2CC[C@@H](c3nc(C)c4c(n3)N(Cc3ccccc3)CCC4)C2)c1. The summed E-state index contributed by atoms with van der Waals surface area (Å²) in [5.41, 5.74) is 4.29. The van der Waals surface area contributed by atoms with Gasteiger partial charge in [-0.05, 0) is 49.9 Å². The lowest BCUT2D eigenvalue weighted by molar-refractivity contribution is 0.0790. The first-order valence-corrected chi connectivity index (χ1v) is 11.7. The number of aryl methyl sites for hydroxylation is 1. The minimum absolute atomic E-state index is 0.0387. The Morgan fingerprint density at radius 2 is 1.94 bits per heavy atom. The highest BCUT2D eigenvalue weighted by Crippen LogP contribution is 2.33. The zero-order valence-corrected chi connectivity index (χ0v) is 19.3. The van der Waals surface area contributed by atoms with Gasteiger partial charge in [-0.25, -0.2) is 9.97 Å². The van der Waals surface area contributed by atoms with E-state index in [0.29, 0.717) is 24.4 Å². The van der Waals surface area contributed by atoms with Gasteiger partial charge in [-0.3, -0.25) is 4.79 Å². The van der Waals surface area contributed by atoms with Crippen molar-refractivity contribution in [2.75, 3.05) is 31.6 Å². The minimum atomic E-state index is 0.0387. The number of hydrogen-bond acceptors (Lipinski definition) is 5. The van der Waals surface area contributed by atoms with Crippen molar-refractivity contribution in [3.05, 3.63) is 82.8 Å². The molecule has 2 aromatic carbocycles. The summed E-state index contributed by atoms with van der Waals surface area (Å²) >= 11 is 0. The summed E-state index contributed by atoms with van der Waals surface area (Å²) in [5, 5.41) is 0. The Hall–Kier alpha value is -3.41. The summed E-state index contributed by atoms with van der Waals surface area (Å²) in [4.78, 5) is 27.4. The van der Waals surface area contributed by atoms with Crippen LogP contribution in [0.3, 0.4) is 0 Å². The van der Waals surface area contributed by atoms with E-state index in [9.17, 15) is 4.79 Å². The van der Waals surface area contributed by atoms with E-state index in [1.54, 1.807) is 13.2 Å². The number of carbonyl (C=O) groups excluding carboxylic acids is 1. The number of carbonyl (C=O) groups is 1. The second-order valence-electron chi connectivity index (χ2n) is 8.95. The smallest absolute Gasteiger partial charge is 0.254 e. The zero-order valence-electron chi connectivity index (χ0n) is 19.3. The Balaban J connectivity index is 1.36. The molecule has 33 heavy (non-hydrogen) atoms. The molecule has 6 nitrogen and oxygen atoms in total. The Labute approximate surface area is 195 Å². The summed E-state index contributed by atoms with van der Waals surface area (Å²) in [5.74, 6) is 2.84. The fourth-order valence-corrected chi connectivity index (χ4v) is 4.94. The van der Waals surface area contributed by atoms with Gasteiger partial charge >= 0.3 is 0 Å². The molecule has 1 amide bonds. The van der Waals surface area contributed by atoms with E-state index in [-0.39, 0.29) is 11.8 Å². The molecule has 0 unspecified atom stereocenters. The third-order valence-corrected chi connectivity index (χ3v) is 6.74. The molecule has 0 saturated carbocycles. The molecule has 5 rings (SSSR count). The molecule has 6 heteroatoms. The third-order valence-electron chi connectivity index (χ3n) is 6.74. The van der Waals surface area contributed by atoms with Crippen molar-refractivity contribution in [1.29, 1.82) is 0 Å². The summed E-state index contributed by atoms with van der Waals surface area (Å²) in [6.07, 6.45) is 3.03. The summed E-state index contributed by atoms with van der Waals surface area (Å²) in [7, 11) is 1.62. The number of hydrogen-bond donors (Lipinski definition) is 0. The minimum Gasteiger partial charge on any atom is -0.497 e. The normalized spacial score (nSPS) is 17.7. The number of methoxy groups -OCH3 is 1. The Bertz CT molecular complexity index is 1150. The molecule has 1 atom stereocenters. The van der Waals surface area contributed by atoms with Crippen LogP contribution in [0, 0.1) is 6.92 Å². The number of ether oxygens (including phenoxy) is 1. The molecule has 1 fully saturated rings. The molecule has 0 aliphatic carbocycles. The van der Waals surface area contributed by atoms with Gasteiger partial charge in [0, 0.05) is 48.9 Å². The van der Waals surface area contributed by atoms with Gasteiger partial charge in [0.2, 0.25) is 0 Å². The molecule has 170 valence electrons. The number of anilines is 1. The van der Waals surface area contributed by atoms with E-state index in [1.807, 2.05) is 23.1 Å². The molecule has 0 spiro atoms. The first kappa shape index (κ1) is 21.4. The number of aromatic nitrogens is 2. The summed E-state index contributed by atoms with van der Waals surface area (Å²) < 4.78 is 5.28. The predicted octanol–water partition coefficient (Wildman–Crippen LogP) is 4.38. The molecule has 3 aromatic rings. The Kier molecular flexibility index (Phi) is 5.99. The van der Waals surface area contributed by atoms with Gasteiger partial charge in [-0.15, -0.1) is 0 Å². The highest BCUT2D eigenvalue weighted by atomic mass is 16.5. The highest BCUT2D eigenvalue weighted by Gasteiger charge is 2.32. The van der Waals surface area contributed by atoms with Crippen LogP contribution in [0.4, 0.5) is 5.82 Å². The standard InChI is InChI=1S/C27H30N4O2/c1-19-24-12-7-14-30(17-20-8-4-3-5-9-20)26(24)29-25(28-19)22-13-15-31(18-22)27(32)21-10-6-11-23(16-21)33-2/h3-6,8-11,16,22H,7,12-15,17-18H2,1-2H3/t22-/m1/s1. The van der Waals surface area contributed by atoms with Crippen LogP contribution in [0.25, 0.3) is 0 Å². The fraction of sp³-hybridized carbons (Fsp3) is 0.370. The van der Waals surface area contributed by atoms with Gasteiger partial charge in [0.05, 0.1) is 7.11 Å². The third kappa shape index (κ3) is 4.42. The second kappa shape index (κ2) is 9.22. The van der Waals surface area contributed by atoms with Crippen LogP contribution in [0.1, 0.15) is 51.8 Å². The van der Waals surface area contributed by atoms with E-state index in [0.717, 1.165) is 49.7 Å². The number of nitrogens with zero attached hydrogens (tertiary/aromatic N) is 4. The average Bonchev–Trinajstić information content (AvgIpc) is 3.35. The molecule has 0 bridgehead atoms. The average molecular weight is 443 g/mol. The molecule has 0 N–H and O–H groups in total. The summed E-state index contributed by atoms with van der Waals surface area (Å²) in [6.45, 7) is 5.32. The Morgan fingerprint density at radius 3 is 2.76 bits per heavy atom. The molecule has 2 aliphatic heterocycles. The van der Waals surface area contributed by atoms with Crippen LogP contribution in [0.5, 0.6) is 5.75 Å². The number of rotatable bonds is 5. The van der Waals surface area contributed by atoms with E-state index in [4.69, 9.17) is 14.7 Å². The lowest BCUT2D eigenvalue weighted by Crippen LogP contribution is -2.32. The maximum Gasteiger partial charge on any atom is 0.254 e. The van der Waals surface area contributed by atoms with Crippen LogP contribution in [-0.2, 0) is 13.0 Å². The number of benzene rings is 2. The van der Waals surface area contributed by atoms with Crippen LogP contribution in [0.2, 0.25) is 0 Å². The molecular weight excluding hydrogens is 412 g/mol. The van der Waals surface area contributed by atoms with Gasteiger partial charge in [-0.1, -0.05) is 36.4 Å². The fourth-order valence-electron chi connectivity index (χ4n) is 4.94. The van der Waals surface area contributed by atoms with Gasteiger partial charge in [-0.2, -0.15) is 0 Å². The number of amides is 1. The monoisotopic (exact) mass is 442 g/mol. The maximum atomic E-state index is 13.1. The summed E-state index contributed by atoms with van der Waals surface area (Å²) in [6, 6.07) is 17.9. The van der Waals surface area contributed by atoms with Crippen LogP contribution in [-0.4, -0.2) is 47.5 Å². The van der Waals surface area contributed by atoms with Gasteiger partial charge in [0.15, 0.2) is 0 Å².